The molecule has 8 heteroatoms. The van der Waals surface area contributed by atoms with Gasteiger partial charge in [-0.15, -0.1) is 0 Å². The fourth-order valence-electron chi connectivity index (χ4n) is 1.65. The molecule has 0 aliphatic carbocycles. The Balaban J connectivity index is 2.01. The van der Waals surface area contributed by atoms with Gasteiger partial charge >= 0.3 is 0 Å². The minimum Gasteiger partial charge on any atom is -0.504 e. The summed E-state index contributed by atoms with van der Waals surface area (Å²) in [6.07, 6.45) is 2.46. The second kappa shape index (κ2) is 6.51. The number of amides is 2. The lowest BCUT2D eigenvalue weighted by Gasteiger charge is -2.07. The van der Waals surface area contributed by atoms with Gasteiger partial charge in [-0.05, 0) is 19.1 Å². The van der Waals surface area contributed by atoms with Crippen LogP contribution in [0.1, 0.15) is 12.5 Å². The SMILES string of the molecule is CCOc1cccc(/C=N\NC(=O)[C@@H]2C=NNC2=O)c1O. The number of para-hydroxylation sites is 1. The van der Waals surface area contributed by atoms with E-state index in [0.29, 0.717) is 17.9 Å². The molecule has 0 saturated carbocycles. The van der Waals surface area contributed by atoms with Gasteiger partial charge in [0.25, 0.3) is 11.8 Å². The number of carbonyl (C=O) groups is 2. The number of aromatic hydroxyl groups is 1. The van der Waals surface area contributed by atoms with Crippen LogP contribution in [-0.2, 0) is 9.59 Å². The van der Waals surface area contributed by atoms with E-state index in [1.54, 1.807) is 25.1 Å². The maximum Gasteiger partial charge on any atom is 0.258 e. The number of nitrogens with zero attached hydrogens (tertiary/aromatic N) is 2. The summed E-state index contributed by atoms with van der Waals surface area (Å²) in [5.74, 6) is -1.85. The molecule has 1 aromatic carbocycles. The standard InChI is InChI=1S/C13H14N4O4/c1-2-21-10-5-3-4-8(11(10)18)6-14-16-12(19)9-7-15-17-13(9)20/h3-7,9,18H,2H2,1H3,(H,16,19)(H,17,20)/b14-6-/t9-/m0/s1. The van der Waals surface area contributed by atoms with Crippen LogP contribution >= 0.6 is 0 Å². The van der Waals surface area contributed by atoms with Gasteiger partial charge in [0, 0.05) is 11.8 Å². The fourth-order valence-corrected chi connectivity index (χ4v) is 1.65. The van der Waals surface area contributed by atoms with Gasteiger partial charge in [0.15, 0.2) is 17.4 Å². The number of hydrazone groups is 2. The van der Waals surface area contributed by atoms with Gasteiger partial charge < -0.3 is 9.84 Å². The van der Waals surface area contributed by atoms with E-state index in [4.69, 9.17) is 4.74 Å². The summed E-state index contributed by atoms with van der Waals surface area (Å²) >= 11 is 0. The maximum absolute atomic E-state index is 11.6. The highest BCUT2D eigenvalue weighted by Crippen LogP contribution is 2.28. The van der Waals surface area contributed by atoms with Gasteiger partial charge in [-0.1, -0.05) is 6.07 Å². The summed E-state index contributed by atoms with van der Waals surface area (Å²) in [5, 5.41) is 17.1. The molecule has 0 saturated heterocycles. The highest BCUT2D eigenvalue weighted by molar-refractivity contribution is 6.15. The molecule has 0 radical (unpaired) electrons. The fraction of sp³-hybridized carbons (Fsp3) is 0.231. The Morgan fingerprint density at radius 1 is 1.62 bits per heavy atom. The molecular formula is C13H14N4O4. The summed E-state index contributed by atoms with van der Waals surface area (Å²) in [6, 6.07) is 4.91. The van der Waals surface area contributed by atoms with Gasteiger partial charge in [0.1, 0.15) is 0 Å². The number of phenols is 1. The first-order valence-corrected chi connectivity index (χ1v) is 6.24. The highest BCUT2D eigenvalue weighted by Gasteiger charge is 2.28. The average Bonchev–Trinajstić information content (AvgIpc) is 2.89. The molecule has 21 heavy (non-hydrogen) atoms. The number of benzene rings is 1. The molecule has 0 spiro atoms. The molecule has 1 aliphatic rings. The zero-order valence-electron chi connectivity index (χ0n) is 11.2. The second-order valence-electron chi connectivity index (χ2n) is 4.09. The third kappa shape index (κ3) is 3.35. The number of phenolic OH excluding ortho intramolecular Hbond substituents is 1. The summed E-state index contributed by atoms with van der Waals surface area (Å²) in [4.78, 5) is 22.9. The first kappa shape index (κ1) is 14.5. The number of carbonyl (C=O) groups excluding carboxylic acids is 2. The second-order valence-corrected chi connectivity index (χ2v) is 4.09. The third-order valence-corrected chi connectivity index (χ3v) is 2.67. The van der Waals surface area contributed by atoms with Crippen molar-refractivity contribution in [2.45, 2.75) is 6.92 Å². The normalized spacial score (nSPS) is 17.0. The minimum absolute atomic E-state index is 0.0717. The van der Waals surface area contributed by atoms with Crippen molar-refractivity contribution < 1.29 is 19.4 Å². The number of nitrogens with one attached hydrogen (secondary N) is 2. The lowest BCUT2D eigenvalue weighted by Crippen LogP contribution is -2.34. The molecule has 110 valence electrons. The van der Waals surface area contributed by atoms with Crippen molar-refractivity contribution in [3.05, 3.63) is 23.8 Å². The average molecular weight is 290 g/mol. The molecule has 3 N–H and O–H groups in total. The van der Waals surface area contributed by atoms with Crippen molar-refractivity contribution in [3.8, 4) is 11.5 Å². The van der Waals surface area contributed by atoms with Crippen molar-refractivity contribution in [1.82, 2.24) is 10.9 Å². The van der Waals surface area contributed by atoms with Gasteiger partial charge in [-0.2, -0.15) is 10.2 Å². The number of hydrogen-bond acceptors (Lipinski definition) is 6. The van der Waals surface area contributed by atoms with Crippen LogP contribution in [0.5, 0.6) is 11.5 Å². The molecule has 2 amide bonds. The molecule has 0 unspecified atom stereocenters. The zero-order chi connectivity index (χ0) is 15.2. The lowest BCUT2D eigenvalue weighted by atomic mass is 10.1. The molecule has 0 fully saturated rings. The molecule has 1 aliphatic heterocycles. The van der Waals surface area contributed by atoms with Crippen LogP contribution < -0.4 is 15.6 Å². The van der Waals surface area contributed by atoms with Crippen LogP contribution in [0.2, 0.25) is 0 Å². The largest absolute Gasteiger partial charge is 0.504 e. The Hall–Kier alpha value is -2.90. The van der Waals surface area contributed by atoms with Crippen molar-refractivity contribution in [3.63, 3.8) is 0 Å². The first-order valence-electron chi connectivity index (χ1n) is 6.24. The van der Waals surface area contributed by atoms with Crippen molar-refractivity contribution in [1.29, 1.82) is 0 Å². The van der Waals surface area contributed by atoms with E-state index in [1.807, 2.05) is 0 Å². The van der Waals surface area contributed by atoms with E-state index in [2.05, 4.69) is 21.1 Å². The van der Waals surface area contributed by atoms with Crippen LogP contribution in [0.3, 0.4) is 0 Å². The first-order chi connectivity index (χ1) is 10.1. The Labute approximate surface area is 120 Å². The van der Waals surface area contributed by atoms with Crippen molar-refractivity contribution in [2.75, 3.05) is 6.61 Å². The third-order valence-electron chi connectivity index (χ3n) is 2.67. The molecule has 8 nitrogen and oxygen atoms in total. The van der Waals surface area contributed by atoms with Crippen LogP contribution in [0.4, 0.5) is 0 Å². The summed E-state index contributed by atoms with van der Waals surface area (Å²) in [7, 11) is 0. The van der Waals surface area contributed by atoms with E-state index in [0.717, 1.165) is 0 Å². The van der Waals surface area contributed by atoms with Crippen LogP contribution in [0.25, 0.3) is 0 Å². The smallest absolute Gasteiger partial charge is 0.258 e. The van der Waals surface area contributed by atoms with E-state index >= 15 is 0 Å². The summed E-state index contributed by atoms with van der Waals surface area (Å²) in [6.45, 7) is 2.22. The molecule has 1 heterocycles. The van der Waals surface area contributed by atoms with Crippen LogP contribution in [0, 0.1) is 5.92 Å². The number of ether oxygens (including phenoxy) is 1. The number of hydrogen-bond donors (Lipinski definition) is 3. The summed E-state index contributed by atoms with van der Waals surface area (Å²) in [5.41, 5.74) is 4.74. The molecular weight excluding hydrogens is 276 g/mol. The summed E-state index contributed by atoms with van der Waals surface area (Å²) < 4.78 is 5.23. The van der Waals surface area contributed by atoms with Crippen molar-refractivity contribution in [2.24, 2.45) is 16.1 Å². The Kier molecular flexibility index (Phi) is 4.50. The molecule has 1 atom stereocenters. The monoisotopic (exact) mass is 290 g/mol. The molecule has 2 rings (SSSR count). The quantitative estimate of drug-likeness (QED) is 0.401. The van der Waals surface area contributed by atoms with Crippen LogP contribution in [0.15, 0.2) is 28.4 Å². The Morgan fingerprint density at radius 3 is 3.10 bits per heavy atom. The van der Waals surface area contributed by atoms with Gasteiger partial charge in [-0.25, -0.2) is 10.9 Å². The van der Waals surface area contributed by atoms with E-state index in [-0.39, 0.29) is 5.75 Å². The van der Waals surface area contributed by atoms with Crippen LogP contribution in [-0.4, -0.2) is 36.0 Å². The van der Waals surface area contributed by atoms with Crippen molar-refractivity contribution >= 4 is 24.2 Å². The van der Waals surface area contributed by atoms with Gasteiger partial charge in [0.05, 0.1) is 12.8 Å². The topological polar surface area (TPSA) is 112 Å². The van der Waals surface area contributed by atoms with Gasteiger partial charge in [-0.3, -0.25) is 9.59 Å². The van der Waals surface area contributed by atoms with Gasteiger partial charge in [0.2, 0.25) is 0 Å². The minimum atomic E-state index is -0.995. The van der Waals surface area contributed by atoms with E-state index < -0.39 is 17.7 Å². The lowest BCUT2D eigenvalue weighted by molar-refractivity contribution is -0.131. The highest BCUT2D eigenvalue weighted by atomic mass is 16.5. The van der Waals surface area contributed by atoms with E-state index in [1.165, 1.54) is 12.4 Å². The molecule has 0 bridgehead atoms. The molecule has 0 aromatic heterocycles. The zero-order valence-corrected chi connectivity index (χ0v) is 11.2. The predicted octanol–water partition coefficient (Wildman–Crippen LogP) is -0.0272. The Bertz CT molecular complexity index is 612. The maximum atomic E-state index is 11.6. The number of rotatable bonds is 5. The Morgan fingerprint density at radius 2 is 2.43 bits per heavy atom. The predicted molar refractivity (Wildman–Crippen MR) is 75.1 cm³/mol. The van der Waals surface area contributed by atoms with E-state index in [9.17, 15) is 14.7 Å². The molecule has 1 aromatic rings.